The van der Waals surface area contributed by atoms with Crippen LogP contribution < -0.4 is 0 Å². The van der Waals surface area contributed by atoms with E-state index >= 15 is 0 Å². The third-order valence-corrected chi connectivity index (χ3v) is 12.3. The lowest BCUT2D eigenvalue weighted by molar-refractivity contribution is -0.188. The third kappa shape index (κ3) is 4.36. The quantitative estimate of drug-likeness (QED) is 0.369. The molecule has 5 rings (SSSR count). The zero-order chi connectivity index (χ0) is 28.2. The lowest BCUT2D eigenvalue weighted by Crippen LogP contribution is -2.64. The van der Waals surface area contributed by atoms with Crippen LogP contribution >= 0.6 is 0 Å². The van der Waals surface area contributed by atoms with Gasteiger partial charge in [-0.1, -0.05) is 67.9 Å². The number of aliphatic hydroxyl groups excluding tert-OH is 1. The number of carboxylic acids is 1. The van der Waals surface area contributed by atoms with Gasteiger partial charge in [0.2, 0.25) is 0 Å². The number of hydrogen-bond acceptors (Lipinski definition) is 3. The number of aliphatic hydroxyl groups is 1. The fourth-order valence-corrected chi connectivity index (χ4v) is 10.1. The number of aliphatic carboxylic acids is 1. The standard InChI is InChI=1S/C29H44O4.2C2H6/c1-25(2)21-8-11-28(5)18-7-10-26(3)13-14-27(4,24(32)33)16-19(26)17(18)15-20(30)23(28)29(21,6)12-9-22(25)31;2*1-2/h15,18-19,21-23,31H,7-14,16H2,1-6H3,(H,32,33);2*1-2H3/t18?,19?,21?,22?,23?,26?,27-,28?,29?;;/m0../s1. The van der Waals surface area contributed by atoms with Gasteiger partial charge in [-0.3, -0.25) is 9.59 Å². The molecule has 4 fully saturated rings. The fourth-order valence-electron chi connectivity index (χ4n) is 10.1. The molecule has 5 aliphatic rings. The highest BCUT2D eigenvalue weighted by Crippen LogP contribution is 2.71. The molecule has 9 atom stereocenters. The predicted octanol–water partition coefficient (Wildman–Crippen LogP) is 8.07. The summed E-state index contributed by atoms with van der Waals surface area (Å²) in [4.78, 5) is 26.2. The van der Waals surface area contributed by atoms with Crippen molar-refractivity contribution in [1.82, 2.24) is 0 Å². The molecule has 0 amide bonds. The van der Waals surface area contributed by atoms with Crippen molar-refractivity contribution < 1.29 is 19.8 Å². The number of fused-ring (bicyclic) bond motifs is 7. The minimum absolute atomic E-state index is 0.00285. The van der Waals surface area contributed by atoms with Crippen molar-refractivity contribution in [2.75, 3.05) is 0 Å². The van der Waals surface area contributed by atoms with Gasteiger partial charge >= 0.3 is 5.97 Å². The number of carbonyl (C=O) groups is 2. The number of rotatable bonds is 1. The van der Waals surface area contributed by atoms with Crippen molar-refractivity contribution >= 4 is 11.8 Å². The second-order valence-corrected chi connectivity index (χ2v) is 14.3. The van der Waals surface area contributed by atoms with Gasteiger partial charge in [0.05, 0.1) is 11.5 Å². The van der Waals surface area contributed by atoms with Crippen LogP contribution in [0.3, 0.4) is 0 Å². The molecule has 4 saturated carbocycles. The predicted molar refractivity (Wildman–Crippen MR) is 151 cm³/mol. The summed E-state index contributed by atoms with van der Waals surface area (Å²) in [6.45, 7) is 21.4. The van der Waals surface area contributed by atoms with Gasteiger partial charge in [0.1, 0.15) is 0 Å². The summed E-state index contributed by atoms with van der Waals surface area (Å²) in [7, 11) is 0. The SMILES string of the molecule is CC.CC.CC12CCC3C(=CC(=O)C4C3(C)CCC3C(C)(C)C(O)CCC34C)C1C[C@@](C)(C(=O)O)CC2. The lowest BCUT2D eigenvalue weighted by atomic mass is 9.37. The molecule has 37 heavy (non-hydrogen) atoms. The average molecular weight is 517 g/mol. The monoisotopic (exact) mass is 516 g/mol. The molecule has 2 N–H and O–H groups in total. The molecule has 0 radical (unpaired) electrons. The molecule has 0 heterocycles. The molecule has 0 aromatic heterocycles. The summed E-state index contributed by atoms with van der Waals surface area (Å²) in [6.07, 6.45) is 10.1. The minimum atomic E-state index is -0.694. The van der Waals surface area contributed by atoms with Crippen molar-refractivity contribution in [2.45, 2.75) is 133 Å². The van der Waals surface area contributed by atoms with Crippen LogP contribution in [-0.4, -0.2) is 28.1 Å². The number of allylic oxidation sites excluding steroid dienone is 2. The summed E-state index contributed by atoms with van der Waals surface area (Å²) in [5.74, 6) is 0.530. The van der Waals surface area contributed by atoms with Crippen molar-refractivity contribution in [3.8, 4) is 0 Å². The number of carboxylic acid groups (broad SMARTS) is 1. The molecular weight excluding hydrogens is 460 g/mol. The van der Waals surface area contributed by atoms with Crippen LogP contribution in [0.2, 0.25) is 0 Å². The minimum Gasteiger partial charge on any atom is -0.481 e. The second-order valence-electron chi connectivity index (χ2n) is 14.3. The molecule has 8 unspecified atom stereocenters. The van der Waals surface area contributed by atoms with E-state index < -0.39 is 11.4 Å². The maximum absolute atomic E-state index is 14.1. The van der Waals surface area contributed by atoms with E-state index in [-0.39, 0.29) is 45.4 Å². The normalized spacial score (nSPS) is 47.7. The van der Waals surface area contributed by atoms with Crippen molar-refractivity contribution in [1.29, 1.82) is 0 Å². The van der Waals surface area contributed by atoms with E-state index in [4.69, 9.17) is 0 Å². The zero-order valence-corrected chi connectivity index (χ0v) is 25.5. The highest BCUT2D eigenvalue weighted by molar-refractivity contribution is 5.95. The van der Waals surface area contributed by atoms with E-state index in [2.05, 4.69) is 34.6 Å². The molecule has 0 aromatic rings. The Morgan fingerprint density at radius 1 is 0.811 bits per heavy atom. The molecule has 5 aliphatic carbocycles. The van der Waals surface area contributed by atoms with E-state index in [9.17, 15) is 19.8 Å². The van der Waals surface area contributed by atoms with E-state index in [1.54, 1.807) is 0 Å². The molecule has 0 saturated heterocycles. The lowest BCUT2D eigenvalue weighted by Gasteiger charge is -2.67. The molecule has 0 aliphatic heterocycles. The smallest absolute Gasteiger partial charge is 0.309 e. The van der Waals surface area contributed by atoms with Crippen LogP contribution in [0, 0.1) is 50.7 Å². The van der Waals surface area contributed by atoms with Crippen molar-refractivity contribution in [3.05, 3.63) is 11.6 Å². The second kappa shape index (κ2) is 10.1. The van der Waals surface area contributed by atoms with Gasteiger partial charge in [-0.25, -0.2) is 0 Å². The van der Waals surface area contributed by atoms with Crippen LogP contribution in [0.5, 0.6) is 0 Å². The Kier molecular flexibility index (Phi) is 8.30. The van der Waals surface area contributed by atoms with E-state index in [1.165, 1.54) is 5.57 Å². The highest BCUT2D eigenvalue weighted by atomic mass is 16.4. The summed E-state index contributed by atoms with van der Waals surface area (Å²) in [6, 6.07) is 0. The first kappa shape index (κ1) is 30.4. The average Bonchev–Trinajstić information content (AvgIpc) is 2.84. The summed E-state index contributed by atoms with van der Waals surface area (Å²) in [5, 5.41) is 20.8. The van der Waals surface area contributed by atoms with Crippen LogP contribution in [0.25, 0.3) is 0 Å². The summed E-state index contributed by atoms with van der Waals surface area (Å²) in [5.41, 5.74) is 0.383. The summed E-state index contributed by atoms with van der Waals surface area (Å²) < 4.78 is 0. The van der Waals surface area contributed by atoms with Crippen LogP contribution in [0.15, 0.2) is 11.6 Å². The molecule has 0 aromatic carbocycles. The number of hydrogen-bond donors (Lipinski definition) is 2. The van der Waals surface area contributed by atoms with Crippen LogP contribution in [-0.2, 0) is 9.59 Å². The Morgan fingerprint density at radius 2 is 1.41 bits per heavy atom. The zero-order valence-electron chi connectivity index (χ0n) is 25.5. The molecule has 0 bridgehead atoms. The Morgan fingerprint density at radius 3 is 2.00 bits per heavy atom. The fraction of sp³-hybridized carbons (Fsp3) is 0.879. The topological polar surface area (TPSA) is 74.6 Å². The van der Waals surface area contributed by atoms with Gasteiger partial charge in [-0.2, -0.15) is 0 Å². The Bertz CT molecular complexity index is 919. The first-order valence-corrected chi connectivity index (χ1v) is 15.4. The molecule has 4 nitrogen and oxygen atoms in total. The van der Waals surface area contributed by atoms with Gasteiger partial charge in [-0.05, 0) is 110 Å². The van der Waals surface area contributed by atoms with E-state index in [1.807, 2.05) is 40.7 Å². The van der Waals surface area contributed by atoms with Gasteiger partial charge < -0.3 is 10.2 Å². The van der Waals surface area contributed by atoms with E-state index in [0.717, 1.165) is 51.4 Å². The number of carbonyl (C=O) groups excluding carboxylic acids is 1. The Hall–Kier alpha value is -1.16. The maximum atomic E-state index is 14.1. The van der Waals surface area contributed by atoms with Crippen molar-refractivity contribution in [2.24, 2.45) is 50.7 Å². The first-order chi connectivity index (χ1) is 17.2. The van der Waals surface area contributed by atoms with Crippen LogP contribution in [0.4, 0.5) is 0 Å². The van der Waals surface area contributed by atoms with Gasteiger partial charge in [-0.15, -0.1) is 0 Å². The molecular formula is C33H56O4. The van der Waals surface area contributed by atoms with E-state index in [0.29, 0.717) is 18.3 Å². The summed E-state index contributed by atoms with van der Waals surface area (Å²) >= 11 is 0. The van der Waals surface area contributed by atoms with Gasteiger partial charge in [0.15, 0.2) is 5.78 Å². The number of ketones is 1. The molecule has 212 valence electrons. The molecule has 0 spiro atoms. The van der Waals surface area contributed by atoms with Gasteiger partial charge in [0, 0.05) is 5.92 Å². The largest absolute Gasteiger partial charge is 0.481 e. The highest BCUT2D eigenvalue weighted by Gasteiger charge is 2.67. The Balaban J connectivity index is 0.000000907. The van der Waals surface area contributed by atoms with Crippen LogP contribution in [0.1, 0.15) is 127 Å². The maximum Gasteiger partial charge on any atom is 0.309 e. The van der Waals surface area contributed by atoms with Crippen molar-refractivity contribution in [3.63, 3.8) is 0 Å². The third-order valence-electron chi connectivity index (χ3n) is 12.3. The first-order valence-electron chi connectivity index (χ1n) is 15.4. The Labute approximate surface area is 227 Å². The molecule has 4 heteroatoms. The van der Waals surface area contributed by atoms with Gasteiger partial charge in [0.25, 0.3) is 0 Å².